The van der Waals surface area contributed by atoms with Crippen molar-refractivity contribution in [3.8, 4) is 0 Å². The van der Waals surface area contributed by atoms with Gasteiger partial charge in [-0.25, -0.2) is 0 Å². The van der Waals surface area contributed by atoms with E-state index >= 15 is 0 Å². The van der Waals surface area contributed by atoms with Crippen molar-refractivity contribution in [3.05, 3.63) is 18.0 Å². The van der Waals surface area contributed by atoms with Crippen LogP contribution in [0.15, 0.2) is 12.3 Å². The molecule has 0 aliphatic rings. The SMILES string of the molecule is C[C@@H](c1nccc(N)c1N)C(F)(F)F. The maximum atomic E-state index is 12.3. The van der Waals surface area contributed by atoms with Crippen molar-refractivity contribution in [2.24, 2.45) is 0 Å². The fourth-order valence-electron chi connectivity index (χ4n) is 1.01. The molecule has 0 unspecified atom stereocenters. The highest BCUT2D eigenvalue weighted by molar-refractivity contribution is 5.65. The van der Waals surface area contributed by atoms with Crippen LogP contribution >= 0.6 is 0 Å². The van der Waals surface area contributed by atoms with E-state index in [1.54, 1.807) is 0 Å². The quantitative estimate of drug-likeness (QED) is 0.736. The molecule has 0 amide bonds. The van der Waals surface area contributed by atoms with Gasteiger partial charge in [-0.15, -0.1) is 0 Å². The standard InChI is InChI=1S/C8H10F3N3/c1-4(8(9,10)11)7-6(13)5(12)2-3-14-7/h2-4H,13H2,1H3,(H2,12,14)/t4-/m0/s1. The zero-order valence-electron chi connectivity index (χ0n) is 7.47. The van der Waals surface area contributed by atoms with E-state index in [2.05, 4.69) is 4.98 Å². The molecule has 0 spiro atoms. The predicted molar refractivity (Wildman–Crippen MR) is 47.5 cm³/mol. The van der Waals surface area contributed by atoms with E-state index < -0.39 is 12.1 Å². The monoisotopic (exact) mass is 205 g/mol. The molecule has 3 nitrogen and oxygen atoms in total. The molecule has 0 saturated heterocycles. The number of anilines is 2. The van der Waals surface area contributed by atoms with Gasteiger partial charge >= 0.3 is 6.18 Å². The average Bonchev–Trinajstić information content (AvgIpc) is 2.07. The van der Waals surface area contributed by atoms with Gasteiger partial charge in [0.25, 0.3) is 0 Å². The first-order valence-corrected chi connectivity index (χ1v) is 3.90. The Kier molecular flexibility index (Phi) is 2.55. The van der Waals surface area contributed by atoms with E-state index in [9.17, 15) is 13.2 Å². The number of hydrogen-bond acceptors (Lipinski definition) is 3. The average molecular weight is 205 g/mol. The Bertz CT molecular complexity index is 335. The molecular formula is C8H10F3N3. The Morgan fingerprint density at radius 2 is 1.93 bits per heavy atom. The van der Waals surface area contributed by atoms with Gasteiger partial charge in [0.2, 0.25) is 0 Å². The second-order valence-electron chi connectivity index (χ2n) is 2.96. The lowest BCUT2D eigenvalue weighted by Gasteiger charge is -2.17. The zero-order valence-corrected chi connectivity index (χ0v) is 7.47. The van der Waals surface area contributed by atoms with Gasteiger partial charge in [-0.2, -0.15) is 13.2 Å². The molecule has 1 atom stereocenters. The molecule has 1 rings (SSSR count). The van der Waals surface area contributed by atoms with Crippen LogP contribution in [0, 0.1) is 0 Å². The lowest BCUT2D eigenvalue weighted by Crippen LogP contribution is -2.20. The van der Waals surface area contributed by atoms with Crippen molar-refractivity contribution in [1.29, 1.82) is 0 Å². The van der Waals surface area contributed by atoms with Gasteiger partial charge in [-0.1, -0.05) is 0 Å². The summed E-state index contributed by atoms with van der Waals surface area (Å²) < 4.78 is 36.9. The number of aromatic nitrogens is 1. The van der Waals surface area contributed by atoms with Gasteiger partial charge in [0, 0.05) is 6.20 Å². The summed E-state index contributed by atoms with van der Waals surface area (Å²) in [5.41, 5.74) is 10.6. The minimum Gasteiger partial charge on any atom is -0.397 e. The van der Waals surface area contributed by atoms with E-state index in [4.69, 9.17) is 11.5 Å². The van der Waals surface area contributed by atoms with Gasteiger partial charge in [-0.05, 0) is 13.0 Å². The van der Waals surface area contributed by atoms with Gasteiger partial charge in [0.1, 0.15) is 0 Å². The maximum Gasteiger partial charge on any atom is 0.397 e. The van der Waals surface area contributed by atoms with Gasteiger partial charge in [0.05, 0.1) is 23.0 Å². The Labute approximate surface area is 78.9 Å². The molecule has 14 heavy (non-hydrogen) atoms. The molecule has 78 valence electrons. The number of halogens is 3. The molecule has 1 heterocycles. The largest absolute Gasteiger partial charge is 0.397 e. The lowest BCUT2D eigenvalue weighted by molar-refractivity contribution is -0.146. The summed E-state index contributed by atoms with van der Waals surface area (Å²) in [4.78, 5) is 3.58. The molecule has 0 aliphatic carbocycles. The second kappa shape index (κ2) is 3.36. The van der Waals surface area contributed by atoms with Crippen LogP contribution in [0.3, 0.4) is 0 Å². The smallest absolute Gasteiger partial charge is 0.397 e. The summed E-state index contributed by atoms with van der Waals surface area (Å²) in [5, 5.41) is 0. The molecule has 4 N–H and O–H groups in total. The van der Waals surface area contributed by atoms with Gasteiger partial charge in [-0.3, -0.25) is 4.98 Å². The first kappa shape index (κ1) is 10.6. The third-order valence-electron chi connectivity index (χ3n) is 1.96. The summed E-state index contributed by atoms with van der Waals surface area (Å²) in [6.45, 7) is 0.998. The predicted octanol–water partition coefficient (Wildman–Crippen LogP) is 1.91. The summed E-state index contributed by atoms with van der Waals surface area (Å²) in [7, 11) is 0. The van der Waals surface area contributed by atoms with Crippen LogP contribution < -0.4 is 11.5 Å². The molecule has 1 aromatic heterocycles. The topological polar surface area (TPSA) is 64.9 Å². The molecule has 0 fully saturated rings. The van der Waals surface area contributed by atoms with Crippen LogP contribution in [0.25, 0.3) is 0 Å². The van der Waals surface area contributed by atoms with Crippen molar-refractivity contribution in [1.82, 2.24) is 4.98 Å². The summed E-state index contributed by atoms with van der Waals surface area (Å²) in [6, 6.07) is 1.36. The van der Waals surface area contributed by atoms with Crippen LogP contribution in [0.2, 0.25) is 0 Å². The summed E-state index contributed by atoms with van der Waals surface area (Å²) in [5.74, 6) is -1.70. The third-order valence-corrected chi connectivity index (χ3v) is 1.96. The van der Waals surface area contributed by atoms with Crippen LogP contribution in [0.4, 0.5) is 24.5 Å². The highest BCUT2D eigenvalue weighted by Crippen LogP contribution is 2.36. The van der Waals surface area contributed by atoms with Crippen molar-refractivity contribution < 1.29 is 13.2 Å². The van der Waals surface area contributed by atoms with Crippen molar-refractivity contribution in [3.63, 3.8) is 0 Å². The number of alkyl halides is 3. The van der Waals surface area contributed by atoms with Crippen LogP contribution in [-0.2, 0) is 0 Å². The molecule has 0 bridgehead atoms. The van der Waals surface area contributed by atoms with Crippen LogP contribution in [0.5, 0.6) is 0 Å². The first-order valence-electron chi connectivity index (χ1n) is 3.90. The Morgan fingerprint density at radius 1 is 1.36 bits per heavy atom. The summed E-state index contributed by atoms with van der Waals surface area (Å²) >= 11 is 0. The van der Waals surface area contributed by atoms with Crippen LogP contribution in [0.1, 0.15) is 18.5 Å². The molecule has 6 heteroatoms. The maximum absolute atomic E-state index is 12.3. The van der Waals surface area contributed by atoms with Crippen molar-refractivity contribution >= 4 is 11.4 Å². The fourth-order valence-corrected chi connectivity index (χ4v) is 1.01. The molecule has 0 aromatic carbocycles. The normalized spacial score (nSPS) is 14.0. The van der Waals surface area contributed by atoms with E-state index in [1.807, 2.05) is 0 Å². The number of rotatable bonds is 1. The minimum atomic E-state index is -4.35. The molecular weight excluding hydrogens is 195 g/mol. The number of nitrogens with zero attached hydrogens (tertiary/aromatic N) is 1. The third kappa shape index (κ3) is 1.89. The molecule has 0 saturated carbocycles. The number of nitrogens with two attached hydrogens (primary N) is 2. The number of hydrogen-bond donors (Lipinski definition) is 2. The van der Waals surface area contributed by atoms with Crippen molar-refractivity contribution in [2.45, 2.75) is 19.0 Å². The molecule has 1 aromatic rings. The molecule has 0 radical (unpaired) electrons. The van der Waals surface area contributed by atoms with E-state index in [0.717, 1.165) is 6.92 Å². The Balaban J connectivity index is 3.14. The highest BCUT2D eigenvalue weighted by Gasteiger charge is 2.39. The fraction of sp³-hybridized carbons (Fsp3) is 0.375. The minimum absolute atomic E-state index is 0.0997. The lowest BCUT2D eigenvalue weighted by atomic mass is 10.0. The summed E-state index contributed by atoms with van der Waals surface area (Å²) in [6.07, 6.45) is -3.14. The van der Waals surface area contributed by atoms with E-state index in [-0.39, 0.29) is 17.1 Å². The Hall–Kier alpha value is -1.46. The Morgan fingerprint density at radius 3 is 2.43 bits per heavy atom. The van der Waals surface area contributed by atoms with Crippen molar-refractivity contribution in [2.75, 3.05) is 11.5 Å². The second-order valence-corrected chi connectivity index (χ2v) is 2.96. The molecule has 0 aliphatic heterocycles. The van der Waals surface area contributed by atoms with Crippen LogP contribution in [-0.4, -0.2) is 11.2 Å². The van der Waals surface area contributed by atoms with Gasteiger partial charge < -0.3 is 11.5 Å². The zero-order chi connectivity index (χ0) is 10.9. The first-order chi connectivity index (χ1) is 6.34. The van der Waals surface area contributed by atoms with E-state index in [0.29, 0.717) is 0 Å². The number of nitrogen functional groups attached to an aromatic ring is 2. The van der Waals surface area contributed by atoms with E-state index in [1.165, 1.54) is 12.3 Å². The van der Waals surface area contributed by atoms with Gasteiger partial charge in [0.15, 0.2) is 0 Å². The number of pyridine rings is 1. The highest BCUT2D eigenvalue weighted by atomic mass is 19.4.